The molecular formula is C14H24N2O2. The molecule has 0 saturated heterocycles. The molecule has 1 aromatic rings. The molecule has 0 aromatic carbocycles. The molecule has 0 atom stereocenters. The molecule has 0 unspecified atom stereocenters. The number of furan rings is 1. The summed E-state index contributed by atoms with van der Waals surface area (Å²) in [6.07, 6.45) is 0.963. The van der Waals surface area contributed by atoms with Crippen LogP contribution in [0, 0.1) is 6.92 Å². The molecule has 0 bridgehead atoms. The average molecular weight is 252 g/mol. The van der Waals surface area contributed by atoms with Crippen molar-refractivity contribution in [1.82, 2.24) is 10.2 Å². The lowest BCUT2D eigenvalue weighted by Gasteiger charge is -2.24. The van der Waals surface area contributed by atoms with Crippen LogP contribution in [0.4, 0.5) is 0 Å². The number of rotatable bonds is 7. The molecule has 4 heteroatoms. The van der Waals surface area contributed by atoms with Crippen LogP contribution in [0.3, 0.4) is 0 Å². The Balaban J connectivity index is 2.52. The van der Waals surface area contributed by atoms with E-state index in [2.05, 4.69) is 24.1 Å². The summed E-state index contributed by atoms with van der Waals surface area (Å²) < 4.78 is 5.55. The van der Waals surface area contributed by atoms with Crippen LogP contribution in [0.25, 0.3) is 0 Å². The van der Waals surface area contributed by atoms with E-state index in [-0.39, 0.29) is 5.91 Å². The lowest BCUT2D eigenvalue weighted by atomic mass is 10.3. The third-order valence-corrected chi connectivity index (χ3v) is 2.80. The zero-order valence-corrected chi connectivity index (χ0v) is 11.8. The highest BCUT2D eigenvalue weighted by Crippen LogP contribution is 2.11. The van der Waals surface area contributed by atoms with Crippen molar-refractivity contribution in [3.05, 3.63) is 23.7 Å². The molecule has 1 aromatic heterocycles. The number of carbonyl (C=O) groups is 1. The molecule has 0 radical (unpaired) electrons. The predicted octanol–water partition coefficient (Wildman–Crippen LogP) is 2.32. The third kappa shape index (κ3) is 4.92. The van der Waals surface area contributed by atoms with Crippen LogP contribution in [-0.4, -0.2) is 29.9 Å². The molecule has 1 rings (SSSR count). The topological polar surface area (TPSA) is 45.5 Å². The van der Waals surface area contributed by atoms with Crippen molar-refractivity contribution >= 4 is 5.91 Å². The van der Waals surface area contributed by atoms with Gasteiger partial charge in [0.25, 0.3) is 0 Å². The number of amides is 1. The summed E-state index contributed by atoms with van der Waals surface area (Å²) in [5.74, 6) is 1.89. The first-order valence-corrected chi connectivity index (χ1v) is 6.59. The van der Waals surface area contributed by atoms with Crippen LogP contribution >= 0.6 is 0 Å². The molecule has 0 fully saturated rings. The fourth-order valence-corrected chi connectivity index (χ4v) is 1.70. The summed E-state index contributed by atoms with van der Waals surface area (Å²) in [7, 11) is 0. The molecule has 0 saturated carbocycles. The molecule has 1 heterocycles. The molecule has 18 heavy (non-hydrogen) atoms. The summed E-state index contributed by atoms with van der Waals surface area (Å²) in [5, 5.41) is 2.90. The molecule has 4 nitrogen and oxygen atoms in total. The zero-order chi connectivity index (χ0) is 13.5. The summed E-state index contributed by atoms with van der Waals surface area (Å²) in [6.45, 7) is 9.97. The van der Waals surface area contributed by atoms with Gasteiger partial charge in [-0.3, -0.25) is 9.69 Å². The van der Waals surface area contributed by atoms with Gasteiger partial charge in [0.05, 0.1) is 13.1 Å². The van der Waals surface area contributed by atoms with Crippen LogP contribution < -0.4 is 5.32 Å². The first-order chi connectivity index (χ1) is 8.52. The van der Waals surface area contributed by atoms with Crippen LogP contribution in [0.2, 0.25) is 0 Å². The fourth-order valence-electron chi connectivity index (χ4n) is 1.70. The van der Waals surface area contributed by atoms with E-state index in [0.717, 1.165) is 24.5 Å². The lowest BCUT2D eigenvalue weighted by molar-refractivity contribution is -0.122. The van der Waals surface area contributed by atoms with E-state index in [1.807, 2.05) is 26.0 Å². The number of hydrogen-bond acceptors (Lipinski definition) is 3. The second-order valence-corrected chi connectivity index (χ2v) is 4.86. The zero-order valence-electron chi connectivity index (χ0n) is 11.8. The van der Waals surface area contributed by atoms with Gasteiger partial charge in [0.1, 0.15) is 11.5 Å². The van der Waals surface area contributed by atoms with E-state index in [0.29, 0.717) is 19.1 Å². The SMILES string of the molecule is CCCNC(=O)CN(Cc1ccc(C)o1)C(C)C. The first-order valence-electron chi connectivity index (χ1n) is 6.59. The van der Waals surface area contributed by atoms with Gasteiger partial charge in [-0.25, -0.2) is 0 Å². The Hall–Kier alpha value is -1.29. The van der Waals surface area contributed by atoms with Gasteiger partial charge in [-0.1, -0.05) is 6.92 Å². The third-order valence-electron chi connectivity index (χ3n) is 2.80. The highest BCUT2D eigenvalue weighted by Gasteiger charge is 2.15. The first kappa shape index (κ1) is 14.8. The molecule has 102 valence electrons. The number of hydrogen-bond donors (Lipinski definition) is 1. The maximum absolute atomic E-state index is 11.7. The van der Waals surface area contributed by atoms with Crippen molar-refractivity contribution in [1.29, 1.82) is 0 Å². The van der Waals surface area contributed by atoms with Crippen molar-refractivity contribution in [2.75, 3.05) is 13.1 Å². The van der Waals surface area contributed by atoms with Crippen molar-refractivity contribution in [3.63, 3.8) is 0 Å². The van der Waals surface area contributed by atoms with Gasteiger partial charge in [0.15, 0.2) is 0 Å². The summed E-state index contributed by atoms with van der Waals surface area (Å²) >= 11 is 0. The Labute approximate surface area is 109 Å². The average Bonchev–Trinajstić information content (AvgIpc) is 2.71. The molecule has 1 amide bonds. The standard InChI is InChI=1S/C14H24N2O2/c1-5-8-15-14(17)10-16(11(2)3)9-13-7-6-12(4)18-13/h6-7,11H,5,8-10H2,1-4H3,(H,15,17). The Kier molecular flexibility index (Phi) is 5.92. The maximum atomic E-state index is 11.7. The second kappa shape index (κ2) is 7.21. The Morgan fingerprint density at radius 2 is 2.17 bits per heavy atom. The monoisotopic (exact) mass is 252 g/mol. The molecule has 0 aliphatic heterocycles. The van der Waals surface area contributed by atoms with Crippen molar-refractivity contribution in [3.8, 4) is 0 Å². The lowest BCUT2D eigenvalue weighted by Crippen LogP contribution is -2.40. The number of nitrogens with zero attached hydrogens (tertiary/aromatic N) is 1. The Bertz CT molecular complexity index is 372. The van der Waals surface area contributed by atoms with Crippen LogP contribution in [-0.2, 0) is 11.3 Å². The second-order valence-electron chi connectivity index (χ2n) is 4.86. The highest BCUT2D eigenvalue weighted by atomic mass is 16.3. The van der Waals surface area contributed by atoms with E-state index < -0.39 is 0 Å². The van der Waals surface area contributed by atoms with Gasteiger partial charge >= 0.3 is 0 Å². The molecule has 0 spiro atoms. The smallest absolute Gasteiger partial charge is 0.234 e. The highest BCUT2D eigenvalue weighted by molar-refractivity contribution is 5.77. The van der Waals surface area contributed by atoms with Gasteiger partial charge < -0.3 is 9.73 Å². The minimum Gasteiger partial charge on any atom is -0.465 e. The predicted molar refractivity (Wildman–Crippen MR) is 72.3 cm³/mol. The number of nitrogens with one attached hydrogen (secondary N) is 1. The van der Waals surface area contributed by atoms with Gasteiger partial charge in [-0.15, -0.1) is 0 Å². The maximum Gasteiger partial charge on any atom is 0.234 e. The van der Waals surface area contributed by atoms with Gasteiger partial charge in [-0.2, -0.15) is 0 Å². The molecular weight excluding hydrogens is 228 g/mol. The largest absolute Gasteiger partial charge is 0.465 e. The van der Waals surface area contributed by atoms with E-state index in [4.69, 9.17) is 4.42 Å². The van der Waals surface area contributed by atoms with Gasteiger partial charge in [0, 0.05) is 12.6 Å². The van der Waals surface area contributed by atoms with E-state index in [9.17, 15) is 4.79 Å². The van der Waals surface area contributed by atoms with E-state index in [1.54, 1.807) is 0 Å². The number of aryl methyl sites for hydroxylation is 1. The van der Waals surface area contributed by atoms with Crippen LogP contribution in [0.5, 0.6) is 0 Å². The van der Waals surface area contributed by atoms with Gasteiger partial charge in [-0.05, 0) is 39.3 Å². The summed E-state index contributed by atoms with van der Waals surface area (Å²) in [5.41, 5.74) is 0. The fraction of sp³-hybridized carbons (Fsp3) is 0.643. The number of carbonyl (C=O) groups excluding carboxylic acids is 1. The summed E-state index contributed by atoms with van der Waals surface area (Å²) in [4.78, 5) is 13.8. The minimum absolute atomic E-state index is 0.0776. The summed E-state index contributed by atoms with van der Waals surface area (Å²) in [6, 6.07) is 4.22. The molecule has 0 aliphatic rings. The van der Waals surface area contributed by atoms with Crippen LogP contribution in [0.1, 0.15) is 38.7 Å². The Morgan fingerprint density at radius 3 is 2.67 bits per heavy atom. The van der Waals surface area contributed by atoms with Crippen molar-refractivity contribution < 1.29 is 9.21 Å². The van der Waals surface area contributed by atoms with Gasteiger partial charge in [0.2, 0.25) is 5.91 Å². The van der Waals surface area contributed by atoms with Crippen molar-refractivity contribution in [2.24, 2.45) is 0 Å². The van der Waals surface area contributed by atoms with Crippen LogP contribution in [0.15, 0.2) is 16.5 Å². The van der Waals surface area contributed by atoms with Crippen molar-refractivity contribution in [2.45, 2.75) is 46.7 Å². The van der Waals surface area contributed by atoms with E-state index in [1.165, 1.54) is 0 Å². The van der Waals surface area contributed by atoms with E-state index >= 15 is 0 Å². The quantitative estimate of drug-likeness (QED) is 0.810. The normalized spacial score (nSPS) is 11.2. The minimum atomic E-state index is 0.0776. The molecule has 0 aliphatic carbocycles. The Morgan fingerprint density at radius 1 is 1.44 bits per heavy atom. The molecule has 1 N–H and O–H groups in total.